The van der Waals surface area contributed by atoms with E-state index in [1.165, 1.54) is 19.3 Å². The molecule has 1 heterocycles. The van der Waals surface area contributed by atoms with Crippen molar-refractivity contribution in [3.8, 4) is 0 Å². The van der Waals surface area contributed by atoms with Gasteiger partial charge in [-0.15, -0.1) is 0 Å². The van der Waals surface area contributed by atoms with Crippen LogP contribution in [0.5, 0.6) is 0 Å². The van der Waals surface area contributed by atoms with E-state index in [-0.39, 0.29) is 0 Å². The van der Waals surface area contributed by atoms with Gasteiger partial charge in [-0.2, -0.15) is 0 Å². The second-order valence-corrected chi connectivity index (χ2v) is 3.12. The number of hydrogen-bond acceptors (Lipinski definition) is 2. The van der Waals surface area contributed by atoms with Crippen molar-refractivity contribution >= 4 is 0 Å². The lowest BCUT2D eigenvalue weighted by Crippen LogP contribution is -2.30. The minimum Gasteiger partial charge on any atom is -0.378 e. The summed E-state index contributed by atoms with van der Waals surface area (Å²) >= 11 is 0. The van der Waals surface area contributed by atoms with Gasteiger partial charge in [-0.3, -0.25) is 0 Å². The van der Waals surface area contributed by atoms with Gasteiger partial charge in [0.15, 0.2) is 0 Å². The van der Waals surface area contributed by atoms with E-state index in [9.17, 15) is 0 Å². The first-order valence-electron chi connectivity index (χ1n) is 4.16. The van der Waals surface area contributed by atoms with Crippen LogP contribution in [0, 0.1) is 5.92 Å². The van der Waals surface area contributed by atoms with Gasteiger partial charge in [0.05, 0.1) is 6.10 Å². The van der Waals surface area contributed by atoms with Crippen LogP contribution in [0.2, 0.25) is 0 Å². The second-order valence-electron chi connectivity index (χ2n) is 3.12. The average molecular weight is 143 g/mol. The minimum atomic E-state index is 0.443. The maximum absolute atomic E-state index is 5.55. The molecular weight excluding hydrogens is 126 g/mol. The molecule has 2 heteroatoms. The van der Waals surface area contributed by atoms with Crippen molar-refractivity contribution in [1.82, 2.24) is 0 Å². The van der Waals surface area contributed by atoms with E-state index in [4.69, 9.17) is 10.5 Å². The molecule has 0 amide bonds. The van der Waals surface area contributed by atoms with Crippen molar-refractivity contribution in [3.63, 3.8) is 0 Å². The molecule has 1 rings (SSSR count). The Balaban J connectivity index is 2.24. The summed E-state index contributed by atoms with van der Waals surface area (Å²) in [5.41, 5.74) is 5.52. The molecule has 1 aliphatic heterocycles. The standard InChI is InChI=1S/C8H17NO/c1-7(6-9)8-4-2-3-5-10-8/h7-8H,2-6,9H2,1H3. The molecule has 1 saturated heterocycles. The molecule has 2 N–H and O–H groups in total. The topological polar surface area (TPSA) is 35.2 Å². The summed E-state index contributed by atoms with van der Waals surface area (Å²) in [6.07, 6.45) is 4.19. The summed E-state index contributed by atoms with van der Waals surface area (Å²) in [6, 6.07) is 0. The first-order chi connectivity index (χ1) is 4.84. The molecule has 2 unspecified atom stereocenters. The number of ether oxygens (including phenoxy) is 1. The van der Waals surface area contributed by atoms with Crippen molar-refractivity contribution < 1.29 is 4.74 Å². The van der Waals surface area contributed by atoms with Crippen molar-refractivity contribution in [2.45, 2.75) is 32.3 Å². The monoisotopic (exact) mass is 143 g/mol. The maximum atomic E-state index is 5.55. The molecule has 1 fully saturated rings. The predicted molar refractivity (Wildman–Crippen MR) is 41.8 cm³/mol. The Labute approximate surface area is 62.7 Å². The molecule has 0 aliphatic carbocycles. The lowest BCUT2D eigenvalue weighted by atomic mass is 9.98. The highest BCUT2D eigenvalue weighted by atomic mass is 16.5. The quantitative estimate of drug-likeness (QED) is 0.629. The molecule has 10 heavy (non-hydrogen) atoms. The summed E-state index contributed by atoms with van der Waals surface area (Å²) in [6.45, 7) is 3.86. The summed E-state index contributed by atoms with van der Waals surface area (Å²) in [4.78, 5) is 0. The summed E-state index contributed by atoms with van der Waals surface area (Å²) in [5, 5.41) is 0. The van der Waals surface area contributed by atoms with Crippen LogP contribution in [0.1, 0.15) is 26.2 Å². The Morgan fingerprint density at radius 1 is 1.60 bits per heavy atom. The third-order valence-electron chi connectivity index (χ3n) is 2.22. The molecular formula is C8H17NO. The van der Waals surface area contributed by atoms with Crippen LogP contribution in [0.15, 0.2) is 0 Å². The largest absolute Gasteiger partial charge is 0.378 e. The lowest BCUT2D eigenvalue weighted by molar-refractivity contribution is -0.0138. The molecule has 0 spiro atoms. The van der Waals surface area contributed by atoms with E-state index in [1.807, 2.05) is 0 Å². The Morgan fingerprint density at radius 3 is 2.90 bits per heavy atom. The summed E-state index contributed by atoms with van der Waals surface area (Å²) < 4.78 is 5.55. The highest BCUT2D eigenvalue weighted by Crippen LogP contribution is 2.18. The van der Waals surface area contributed by atoms with Crippen LogP contribution in [0.25, 0.3) is 0 Å². The smallest absolute Gasteiger partial charge is 0.0612 e. The average Bonchev–Trinajstić information content (AvgIpc) is 2.05. The van der Waals surface area contributed by atoms with Crippen LogP contribution in [-0.2, 0) is 4.74 Å². The molecule has 0 saturated carbocycles. The fraction of sp³-hybridized carbons (Fsp3) is 1.00. The molecule has 0 aromatic heterocycles. The SMILES string of the molecule is CC(CN)C1CCCCO1. The van der Waals surface area contributed by atoms with Crippen LogP contribution < -0.4 is 5.73 Å². The third-order valence-corrected chi connectivity index (χ3v) is 2.22. The normalized spacial score (nSPS) is 30.0. The Bertz CT molecular complexity index is 89.3. The van der Waals surface area contributed by atoms with Gasteiger partial charge in [0.25, 0.3) is 0 Å². The number of hydrogen-bond donors (Lipinski definition) is 1. The molecule has 0 bridgehead atoms. The Hall–Kier alpha value is -0.0800. The van der Waals surface area contributed by atoms with Gasteiger partial charge in [0.2, 0.25) is 0 Å². The second kappa shape index (κ2) is 3.94. The molecule has 1 aliphatic rings. The highest BCUT2D eigenvalue weighted by Gasteiger charge is 2.18. The van der Waals surface area contributed by atoms with E-state index in [2.05, 4.69) is 6.92 Å². The minimum absolute atomic E-state index is 0.443. The van der Waals surface area contributed by atoms with E-state index < -0.39 is 0 Å². The first kappa shape index (κ1) is 8.02. The Morgan fingerprint density at radius 2 is 2.40 bits per heavy atom. The van der Waals surface area contributed by atoms with E-state index in [0.717, 1.165) is 13.2 Å². The van der Waals surface area contributed by atoms with Gasteiger partial charge in [-0.1, -0.05) is 6.92 Å². The lowest BCUT2D eigenvalue weighted by Gasteiger charge is -2.26. The van der Waals surface area contributed by atoms with Crippen LogP contribution in [0.3, 0.4) is 0 Å². The Kier molecular flexibility index (Phi) is 3.16. The van der Waals surface area contributed by atoms with Crippen LogP contribution >= 0.6 is 0 Å². The van der Waals surface area contributed by atoms with Crippen molar-refractivity contribution in [1.29, 1.82) is 0 Å². The fourth-order valence-electron chi connectivity index (χ4n) is 1.37. The number of nitrogens with two attached hydrogens (primary N) is 1. The molecule has 0 radical (unpaired) electrons. The zero-order valence-electron chi connectivity index (χ0n) is 6.68. The van der Waals surface area contributed by atoms with E-state index >= 15 is 0 Å². The summed E-state index contributed by atoms with van der Waals surface area (Å²) in [7, 11) is 0. The van der Waals surface area contributed by atoms with Gasteiger partial charge in [-0.25, -0.2) is 0 Å². The third kappa shape index (κ3) is 1.96. The van der Waals surface area contributed by atoms with E-state index in [1.54, 1.807) is 0 Å². The highest BCUT2D eigenvalue weighted by molar-refractivity contribution is 4.70. The van der Waals surface area contributed by atoms with Gasteiger partial charge >= 0.3 is 0 Å². The van der Waals surface area contributed by atoms with Gasteiger partial charge in [0, 0.05) is 6.61 Å². The van der Waals surface area contributed by atoms with Gasteiger partial charge in [0.1, 0.15) is 0 Å². The molecule has 60 valence electrons. The number of rotatable bonds is 2. The first-order valence-corrected chi connectivity index (χ1v) is 4.16. The van der Waals surface area contributed by atoms with Crippen molar-refractivity contribution in [2.24, 2.45) is 11.7 Å². The molecule has 2 atom stereocenters. The van der Waals surface area contributed by atoms with Gasteiger partial charge < -0.3 is 10.5 Å². The van der Waals surface area contributed by atoms with Crippen LogP contribution in [-0.4, -0.2) is 19.3 Å². The predicted octanol–water partition coefficient (Wildman–Crippen LogP) is 1.15. The van der Waals surface area contributed by atoms with Gasteiger partial charge in [-0.05, 0) is 31.7 Å². The zero-order valence-corrected chi connectivity index (χ0v) is 6.68. The fourth-order valence-corrected chi connectivity index (χ4v) is 1.37. The molecule has 0 aromatic carbocycles. The van der Waals surface area contributed by atoms with E-state index in [0.29, 0.717) is 12.0 Å². The zero-order chi connectivity index (χ0) is 7.40. The molecule has 2 nitrogen and oxygen atoms in total. The van der Waals surface area contributed by atoms with Crippen LogP contribution in [0.4, 0.5) is 0 Å². The maximum Gasteiger partial charge on any atom is 0.0612 e. The van der Waals surface area contributed by atoms with Crippen molar-refractivity contribution in [2.75, 3.05) is 13.2 Å². The molecule has 0 aromatic rings. The summed E-state index contributed by atoms with van der Waals surface area (Å²) in [5.74, 6) is 0.542. The van der Waals surface area contributed by atoms with Crippen molar-refractivity contribution in [3.05, 3.63) is 0 Å².